The van der Waals surface area contributed by atoms with Crippen molar-refractivity contribution in [1.82, 2.24) is 4.90 Å². The topological polar surface area (TPSA) is 20.3 Å². The summed E-state index contributed by atoms with van der Waals surface area (Å²) in [7, 11) is 0. The lowest BCUT2D eigenvalue weighted by atomic mass is 10.2. The van der Waals surface area contributed by atoms with Crippen LogP contribution in [0.3, 0.4) is 0 Å². The molecule has 0 radical (unpaired) electrons. The van der Waals surface area contributed by atoms with E-state index in [1.165, 1.54) is 0 Å². The van der Waals surface area contributed by atoms with Gasteiger partial charge in [-0.1, -0.05) is 18.2 Å². The minimum Gasteiger partial charge on any atom is -0.332 e. The number of nitrogens with zero attached hydrogens (tertiary/aromatic N) is 1. The Morgan fingerprint density at radius 1 is 1.50 bits per heavy atom. The fraction of sp³-hybridized carbons (Fsp3) is 0.308. The molecule has 16 heavy (non-hydrogen) atoms. The van der Waals surface area contributed by atoms with Crippen LogP contribution in [0, 0.1) is 0 Å². The van der Waals surface area contributed by atoms with Gasteiger partial charge in [0.2, 0.25) is 0 Å². The minimum atomic E-state index is 0.0925. The van der Waals surface area contributed by atoms with Crippen molar-refractivity contribution in [3.8, 4) is 0 Å². The summed E-state index contributed by atoms with van der Waals surface area (Å²) < 4.78 is 0.856. The number of carbonyl (C=O) groups excluding carboxylic acids is 1. The largest absolute Gasteiger partial charge is 0.332 e. The number of halogens is 1. The maximum Gasteiger partial charge on any atom is 0.255 e. The Balaban J connectivity index is 2.22. The second-order valence-electron chi connectivity index (χ2n) is 3.96. The molecule has 0 spiro atoms. The lowest BCUT2D eigenvalue weighted by molar-refractivity contribution is 0.0762. The summed E-state index contributed by atoms with van der Waals surface area (Å²) >= 11 is 3.41. The molecule has 2 rings (SSSR count). The zero-order valence-corrected chi connectivity index (χ0v) is 10.6. The second-order valence-corrected chi connectivity index (χ2v) is 4.81. The zero-order chi connectivity index (χ0) is 11.5. The molecular weight excluding hydrogens is 266 g/mol. The monoisotopic (exact) mass is 279 g/mol. The molecule has 3 heteroatoms. The third-order valence-electron chi connectivity index (χ3n) is 2.68. The van der Waals surface area contributed by atoms with Gasteiger partial charge in [0.15, 0.2) is 0 Å². The van der Waals surface area contributed by atoms with Crippen molar-refractivity contribution in [3.05, 3.63) is 47.0 Å². The number of benzene rings is 1. The van der Waals surface area contributed by atoms with E-state index in [2.05, 4.69) is 22.5 Å². The highest BCUT2D eigenvalue weighted by molar-refractivity contribution is 9.10. The molecule has 0 bridgehead atoms. The van der Waals surface area contributed by atoms with Gasteiger partial charge >= 0.3 is 0 Å². The Labute approximate surface area is 104 Å². The number of rotatable bonds is 4. The molecule has 1 aromatic carbocycles. The second kappa shape index (κ2) is 4.83. The highest BCUT2D eigenvalue weighted by atomic mass is 79.9. The van der Waals surface area contributed by atoms with Crippen LogP contribution in [0.25, 0.3) is 0 Å². The van der Waals surface area contributed by atoms with Gasteiger partial charge in [-0.25, -0.2) is 0 Å². The van der Waals surface area contributed by atoms with Gasteiger partial charge in [-0.2, -0.15) is 0 Å². The van der Waals surface area contributed by atoms with Gasteiger partial charge in [0.05, 0.1) is 5.56 Å². The molecule has 0 unspecified atom stereocenters. The van der Waals surface area contributed by atoms with Gasteiger partial charge in [0.25, 0.3) is 5.91 Å². The Hall–Kier alpha value is -1.09. The van der Waals surface area contributed by atoms with E-state index in [1.54, 1.807) is 6.08 Å². The van der Waals surface area contributed by atoms with E-state index >= 15 is 0 Å². The standard InChI is InChI=1S/C13H14BrNO/c1-2-9-15(10-7-8-10)13(16)11-5-3-4-6-12(11)14/h2-6,10H,1,7-9H2. The summed E-state index contributed by atoms with van der Waals surface area (Å²) in [5.74, 6) is 0.0925. The van der Waals surface area contributed by atoms with Crippen LogP contribution in [0.15, 0.2) is 41.4 Å². The van der Waals surface area contributed by atoms with E-state index in [0.29, 0.717) is 12.6 Å². The number of hydrogen-bond acceptors (Lipinski definition) is 1. The molecule has 0 aromatic heterocycles. The quantitative estimate of drug-likeness (QED) is 0.775. The summed E-state index contributed by atoms with van der Waals surface area (Å²) in [6.07, 6.45) is 4.02. The molecule has 84 valence electrons. The van der Waals surface area contributed by atoms with Crippen LogP contribution in [0.4, 0.5) is 0 Å². The first-order chi connectivity index (χ1) is 7.74. The van der Waals surface area contributed by atoms with Gasteiger partial charge in [0, 0.05) is 17.1 Å². The summed E-state index contributed by atoms with van der Waals surface area (Å²) in [5, 5.41) is 0. The molecule has 0 N–H and O–H groups in total. The van der Waals surface area contributed by atoms with Crippen molar-refractivity contribution in [2.75, 3.05) is 6.54 Å². The highest BCUT2D eigenvalue weighted by Crippen LogP contribution is 2.29. The minimum absolute atomic E-state index is 0.0925. The normalized spacial score (nSPS) is 14.6. The van der Waals surface area contributed by atoms with Crippen molar-refractivity contribution < 1.29 is 4.79 Å². The smallest absolute Gasteiger partial charge is 0.255 e. The average molecular weight is 280 g/mol. The molecule has 1 amide bonds. The van der Waals surface area contributed by atoms with E-state index in [-0.39, 0.29) is 5.91 Å². The molecule has 0 saturated heterocycles. The number of hydrogen-bond donors (Lipinski definition) is 0. The van der Waals surface area contributed by atoms with Crippen LogP contribution < -0.4 is 0 Å². The molecule has 1 aliphatic carbocycles. The Morgan fingerprint density at radius 3 is 2.75 bits per heavy atom. The maximum absolute atomic E-state index is 12.3. The third-order valence-corrected chi connectivity index (χ3v) is 3.37. The summed E-state index contributed by atoms with van der Waals surface area (Å²) in [5.41, 5.74) is 0.733. The van der Waals surface area contributed by atoms with Crippen LogP contribution >= 0.6 is 15.9 Å². The Morgan fingerprint density at radius 2 is 2.19 bits per heavy atom. The fourth-order valence-corrected chi connectivity index (χ4v) is 2.17. The lowest BCUT2D eigenvalue weighted by Gasteiger charge is -2.21. The molecule has 0 atom stereocenters. The van der Waals surface area contributed by atoms with Crippen LogP contribution in [-0.2, 0) is 0 Å². The van der Waals surface area contributed by atoms with E-state index < -0.39 is 0 Å². The van der Waals surface area contributed by atoms with Crippen LogP contribution in [-0.4, -0.2) is 23.4 Å². The lowest BCUT2D eigenvalue weighted by Crippen LogP contribution is -2.33. The highest BCUT2D eigenvalue weighted by Gasteiger charge is 2.32. The van der Waals surface area contributed by atoms with Gasteiger partial charge in [-0.05, 0) is 40.9 Å². The van der Waals surface area contributed by atoms with Gasteiger partial charge < -0.3 is 4.90 Å². The summed E-state index contributed by atoms with van der Waals surface area (Å²) in [6.45, 7) is 4.33. The molecular formula is C13H14BrNO. The fourth-order valence-electron chi connectivity index (χ4n) is 1.71. The Bertz CT molecular complexity index is 412. The molecule has 0 aliphatic heterocycles. The van der Waals surface area contributed by atoms with E-state index in [0.717, 1.165) is 22.9 Å². The molecule has 1 saturated carbocycles. The average Bonchev–Trinajstić information content (AvgIpc) is 3.09. The first-order valence-electron chi connectivity index (χ1n) is 5.40. The predicted octanol–water partition coefficient (Wildman–Crippen LogP) is 3.24. The van der Waals surface area contributed by atoms with Crippen LogP contribution in [0.5, 0.6) is 0 Å². The molecule has 0 heterocycles. The summed E-state index contributed by atoms with van der Waals surface area (Å²) in [4.78, 5) is 14.2. The molecule has 1 aromatic rings. The van der Waals surface area contributed by atoms with Gasteiger partial charge in [-0.3, -0.25) is 4.79 Å². The predicted molar refractivity (Wildman–Crippen MR) is 68.4 cm³/mol. The van der Waals surface area contributed by atoms with Crippen LogP contribution in [0.1, 0.15) is 23.2 Å². The maximum atomic E-state index is 12.3. The molecule has 2 nitrogen and oxygen atoms in total. The first-order valence-corrected chi connectivity index (χ1v) is 6.19. The zero-order valence-electron chi connectivity index (χ0n) is 9.03. The molecule has 1 aliphatic rings. The van der Waals surface area contributed by atoms with E-state index in [9.17, 15) is 4.79 Å². The number of amides is 1. The van der Waals surface area contributed by atoms with Crippen LogP contribution in [0.2, 0.25) is 0 Å². The first kappa shape index (κ1) is 11.4. The number of carbonyl (C=O) groups is 1. The Kier molecular flexibility index (Phi) is 3.44. The van der Waals surface area contributed by atoms with Crippen molar-refractivity contribution in [2.45, 2.75) is 18.9 Å². The molecule has 1 fully saturated rings. The van der Waals surface area contributed by atoms with Gasteiger partial charge in [-0.15, -0.1) is 6.58 Å². The SMILES string of the molecule is C=CCN(C(=O)c1ccccc1Br)C1CC1. The van der Waals surface area contributed by atoms with Crippen molar-refractivity contribution in [3.63, 3.8) is 0 Å². The van der Waals surface area contributed by atoms with Gasteiger partial charge in [0.1, 0.15) is 0 Å². The van der Waals surface area contributed by atoms with Crippen molar-refractivity contribution >= 4 is 21.8 Å². The summed E-state index contributed by atoms with van der Waals surface area (Å²) in [6, 6.07) is 7.96. The van der Waals surface area contributed by atoms with Crippen molar-refractivity contribution in [1.29, 1.82) is 0 Å². The van der Waals surface area contributed by atoms with Crippen molar-refractivity contribution in [2.24, 2.45) is 0 Å². The van der Waals surface area contributed by atoms with E-state index in [1.807, 2.05) is 29.2 Å². The third kappa shape index (κ3) is 2.35. The van der Waals surface area contributed by atoms with E-state index in [4.69, 9.17) is 0 Å².